The highest BCUT2D eigenvalue weighted by molar-refractivity contribution is 5.32. The van der Waals surface area contributed by atoms with Crippen molar-refractivity contribution in [1.29, 1.82) is 0 Å². The Morgan fingerprint density at radius 1 is 1.22 bits per heavy atom. The predicted molar refractivity (Wildman–Crippen MR) is 71.7 cm³/mol. The average Bonchev–Trinajstić information content (AvgIpc) is 2.86. The molecule has 1 heterocycles. The van der Waals surface area contributed by atoms with Gasteiger partial charge in [-0.1, -0.05) is 18.2 Å². The van der Waals surface area contributed by atoms with E-state index in [2.05, 4.69) is 10.00 Å². The van der Waals surface area contributed by atoms with Crippen molar-refractivity contribution in [3.63, 3.8) is 0 Å². The number of hydrogen-bond acceptors (Lipinski definition) is 3. The first-order valence-corrected chi connectivity index (χ1v) is 6.10. The summed E-state index contributed by atoms with van der Waals surface area (Å²) in [5, 5.41) is 14.5. The third kappa shape index (κ3) is 2.97. The van der Waals surface area contributed by atoms with Crippen LogP contribution in [0.5, 0.6) is 0 Å². The molecular weight excluding hydrogens is 226 g/mol. The summed E-state index contributed by atoms with van der Waals surface area (Å²) in [6.45, 7) is 0.848. The molecule has 0 aliphatic heterocycles. The Morgan fingerprint density at radius 3 is 2.61 bits per heavy atom. The quantitative estimate of drug-likeness (QED) is 0.874. The van der Waals surface area contributed by atoms with Gasteiger partial charge in [0.2, 0.25) is 0 Å². The van der Waals surface area contributed by atoms with Crippen molar-refractivity contribution in [3.8, 4) is 5.69 Å². The molecule has 0 spiro atoms. The highest BCUT2D eigenvalue weighted by Crippen LogP contribution is 2.19. The summed E-state index contributed by atoms with van der Waals surface area (Å²) in [7, 11) is 4.00. The maximum atomic E-state index is 10.2. The average molecular weight is 245 g/mol. The molecule has 1 aromatic heterocycles. The van der Waals surface area contributed by atoms with Crippen LogP contribution in [0.2, 0.25) is 0 Å². The lowest BCUT2D eigenvalue weighted by molar-refractivity contribution is 0.147. The number of para-hydroxylation sites is 1. The zero-order valence-corrected chi connectivity index (χ0v) is 10.8. The van der Waals surface area contributed by atoms with Gasteiger partial charge in [0.1, 0.15) is 0 Å². The van der Waals surface area contributed by atoms with Crippen LogP contribution in [0, 0.1) is 0 Å². The molecule has 2 aromatic rings. The molecule has 0 saturated heterocycles. The van der Waals surface area contributed by atoms with Crippen LogP contribution in [0.25, 0.3) is 5.69 Å². The van der Waals surface area contributed by atoms with Crippen LogP contribution in [0.4, 0.5) is 0 Å². The molecule has 4 heteroatoms. The minimum absolute atomic E-state index is 0.491. The third-order valence-corrected chi connectivity index (χ3v) is 2.86. The van der Waals surface area contributed by atoms with Gasteiger partial charge in [0.05, 0.1) is 17.5 Å². The molecule has 0 aliphatic rings. The minimum Gasteiger partial charge on any atom is -0.387 e. The molecule has 1 N–H and O–H groups in total. The largest absolute Gasteiger partial charge is 0.387 e. The van der Waals surface area contributed by atoms with E-state index >= 15 is 0 Å². The topological polar surface area (TPSA) is 41.3 Å². The van der Waals surface area contributed by atoms with Gasteiger partial charge in [-0.05, 0) is 38.7 Å². The summed E-state index contributed by atoms with van der Waals surface area (Å²) in [4.78, 5) is 2.06. The van der Waals surface area contributed by atoms with Crippen LogP contribution in [0.3, 0.4) is 0 Å². The van der Waals surface area contributed by atoms with E-state index in [1.165, 1.54) is 0 Å². The molecular formula is C14H19N3O. The fourth-order valence-corrected chi connectivity index (χ4v) is 1.88. The van der Waals surface area contributed by atoms with E-state index in [1.54, 1.807) is 10.9 Å². The molecule has 0 saturated carbocycles. The normalized spacial score (nSPS) is 12.9. The second kappa shape index (κ2) is 5.80. The van der Waals surface area contributed by atoms with Gasteiger partial charge in [-0.2, -0.15) is 5.10 Å². The van der Waals surface area contributed by atoms with E-state index in [4.69, 9.17) is 0 Å². The van der Waals surface area contributed by atoms with Crippen LogP contribution >= 0.6 is 0 Å². The highest BCUT2D eigenvalue weighted by Gasteiger charge is 2.14. The number of nitrogens with zero attached hydrogens (tertiary/aromatic N) is 3. The smallest absolute Gasteiger partial charge is 0.0973 e. The predicted octanol–water partition coefficient (Wildman–Crippen LogP) is 1.86. The number of rotatable bonds is 5. The van der Waals surface area contributed by atoms with Gasteiger partial charge in [-0.3, -0.25) is 0 Å². The molecule has 4 nitrogen and oxygen atoms in total. The van der Waals surface area contributed by atoms with E-state index in [9.17, 15) is 5.11 Å². The molecule has 1 aromatic carbocycles. The Balaban J connectivity index is 2.17. The molecule has 18 heavy (non-hydrogen) atoms. The van der Waals surface area contributed by atoms with Crippen molar-refractivity contribution in [3.05, 3.63) is 48.3 Å². The van der Waals surface area contributed by atoms with Gasteiger partial charge in [0.25, 0.3) is 0 Å². The van der Waals surface area contributed by atoms with Crippen molar-refractivity contribution in [2.45, 2.75) is 12.5 Å². The van der Waals surface area contributed by atoms with Gasteiger partial charge < -0.3 is 10.0 Å². The molecule has 0 radical (unpaired) electrons. The number of aliphatic hydroxyl groups is 1. The van der Waals surface area contributed by atoms with E-state index in [0.717, 1.165) is 17.9 Å². The fraction of sp³-hybridized carbons (Fsp3) is 0.357. The Hall–Kier alpha value is -1.65. The van der Waals surface area contributed by atoms with Crippen molar-refractivity contribution in [2.24, 2.45) is 0 Å². The van der Waals surface area contributed by atoms with Gasteiger partial charge in [-0.15, -0.1) is 0 Å². The molecule has 0 amide bonds. The van der Waals surface area contributed by atoms with Crippen molar-refractivity contribution in [2.75, 3.05) is 20.6 Å². The lowest BCUT2D eigenvalue weighted by Crippen LogP contribution is -2.17. The molecule has 1 atom stereocenters. The standard InChI is InChI=1S/C14H19N3O/c1-16(2)11-9-14(18)13-8-10-15-17(13)12-6-4-3-5-7-12/h3-8,10,14,18H,9,11H2,1-2H3. The van der Waals surface area contributed by atoms with Crippen molar-refractivity contribution < 1.29 is 5.11 Å². The number of benzene rings is 1. The number of aromatic nitrogens is 2. The molecule has 96 valence electrons. The van der Waals surface area contributed by atoms with Crippen molar-refractivity contribution >= 4 is 0 Å². The Labute approximate surface area is 107 Å². The van der Waals surface area contributed by atoms with E-state index in [-0.39, 0.29) is 0 Å². The third-order valence-electron chi connectivity index (χ3n) is 2.86. The Bertz CT molecular complexity index is 479. The lowest BCUT2D eigenvalue weighted by Gasteiger charge is -2.16. The van der Waals surface area contributed by atoms with Gasteiger partial charge >= 0.3 is 0 Å². The van der Waals surface area contributed by atoms with Crippen LogP contribution in [-0.4, -0.2) is 40.4 Å². The molecule has 0 fully saturated rings. The Morgan fingerprint density at radius 2 is 1.94 bits per heavy atom. The lowest BCUT2D eigenvalue weighted by atomic mass is 10.1. The van der Waals surface area contributed by atoms with E-state index < -0.39 is 6.10 Å². The molecule has 0 bridgehead atoms. The summed E-state index contributed by atoms with van der Waals surface area (Å²) >= 11 is 0. The van der Waals surface area contributed by atoms with Crippen molar-refractivity contribution in [1.82, 2.24) is 14.7 Å². The number of aliphatic hydroxyl groups excluding tert-OH is 1. The zero-order valence-electron chi connectivity index (χ0n) is 10.8. The highest BCUT2D eigenvalue weighted by atomic mass is 16.3. The second-order valence-electron chi connectivity index (χ2n) is 4.61. The van der Waals surface area contributed by atoms with Gasteiger partial charge in [-0.25, -0.2) is 4.68 Å². The number of hydrogen-bond donors (Lipinski definition) is 1. The van der Waals surface area contributed by atoms with Crippen LogP contribution in [-0.2, 0) is 0 Å². The fourth-order valence-electron chi connectivity index (χ4n) is 1.88. The minimum atomic E-state index is -0.491. The first-order valence-electron chi connectivity index (χ1n) is 6.10. The van der Waals surface area contributed by atoms with E-state index in [0.29, 0.717) is 6.42 Å². The monoisotopic (exact) mass is 245 g/mol. The Kier molecular flexibility index (Phi) is 4.12. The summed E-state index contributed by atoms with van der Waals surface area (Å²) in [6, 6.07) is 11.7. The van der Waals surface area contributed by atoms with Crippen LogP contribution in [0.1, 0.15) is 18.2 Å². The first-order chi connectivity index (χ1) is 8.68. The van der Waals surface area contributed by atoms with Crippen LogP contribution in [0.15, 0.2) is 42.6 Å². The summed E-state index contributed by atoms with van der Waals surface area (Å²) in [6.07, 6.45) is 1.93. The molecule has 2 rings (SSSR count). The van der Waals surface area contributed by atoms with Gasteiger partial charge in [0.15, 0.2) is 0 Å². The SMILES string of the molecule is CN(C)CCC(O)c1ccnn1-c1ccccc1. The zero-order chi connectivity index (χ0) is 13.0. The molecule has 1 unspecified atom stereocenters. The maximum absolute atomic E-state index is 10.2. The summed E-state index contributed by atoms with van der Waals surface area (Å²) in [5.41, 5.74) is 1.81. The van der Waals surface area contributed by atoms with Crippen LogP contribution < -0.4 is 0 Å². The maximum Gasteiger partial charge on any atom is 0.0973 e. The molecule has 0 aliphatic carbocycles. The van der Waals surface area contributed by atoms with Gasteiger partial charge in [0, 0.05) is 12.7 Å². The van der Waals surface area contributed by atoms with E-state index in [1.807, 2.05) is 50.5 Å². The second-order valence-corrected chi connectivity index (χ2v) is 4.61. The summed E-state index contributed by atoms with van der Waals surface area (Å²) < 4.78 is 1.79. The summed E-state index contributed by atoms with van der Waals surface area (Å²) in [5.74, 6) is 0. The first kappa shape index (κ1) is 12.8.